The fourth-order valence-corrected chi connectivity index (χ4v) is 5.19. The van der Waals surface area contributed by atoms with E-state index in [2.05, 4.69) is 43.8 Å². The van der Waals surface area contributed by atoms with E-state index in [-0.39, 0.29) is 0 Å². The van der Waals surface area contributed by atoms with Gasteiger partial charge in [0.25, 0.3) is 0 Å². The molecule has 2 aliphatic rings. The molecule has 1 fully saturated rings. The van der Waals surface area contributed by atoms with Crippen LogP contribution in [0.4, 0.5) is 49.1 Å². The molecule has 2 aliphatic heterocycles. The summed E-state index contributed by atoms with van der Waals surface area (Å²) in [6.45, 7) is 14.8. The van der Waals surface area contributed by atoms with E-state index in [0.29, 0.717) is 12.2 Å². The minimum atomic E-state index is -4.64. The number of hydrogen-bond donors (Lipinski definition) is 2. The third-order valence-corrected chi connectivity index (χ3v) is 6.95. The van der Waals surface area contributed by atoms with Gasteiger partial charge in [0.15, 0.2) is 5.69 Å². The van der Waals surface area contributed by atoms with E-state index in [1.54, 1.807) is 11.8 Å². The number of rotatable bonds is 6. The summed E-state index contributed by atoms with van der Waals surface area (Å²) in [6, 6.07) is 12.8. The second kappa shape index (κ2) is 15.6. The minimum Gasteiger partial charge on any atom is -0.369 e. The van der Waals surface area contributed by atoms with Crippen LogP contribution in [-0.4, -0.2) is 82.2 Å². The molecule has 0 amide bonds. The highest BCUT2D eigenvalue weighted by molar-refractivity contribution is 7.99. The standard InChI is InChI=1S/C22H28N6S.2C2HF3O/c1-25-17-3-5-19-21(15-17)29-22-16-18(4-6-20(22)28(19)9-2-7-23)27-13-11-26(10-8-24)12-14-27;2*3-2(4,5)1-6/h3-6,15-16H,2,7-14,23-24H2;2*1H. The van der Waals surface area contributed by atoms with E-state index in [4.69, 9.17) is 27.6 Å². The van der Waals surface area contributed by atoms with Gasteiger partial charge in [-0.3, -0.25) is 14.5 Å². The van der Waals surface area contributed by atoms with Gasteiger partial charge in [-0.25, -0.2) is 4.85 Å². The van der Waals surface area contributed by atoms with Crippen LogP contribution in [0.15, 0.2) is 46.2 Å². The molecule has 1 saturated heterocycles. The van der Waals surface area contributed by atoms with E-state index >= 15 is 0 Å². The highest BCUT2D eigenvalue weighted by Crippen LogP contribution is 2.50. The molecule has 0 aliphatic carbocycles. The first-order valence-corrected chi connectivity index (χ1v) is 13.2. The molecule has 0 bridgehead atoms. The Morgan fingerprint density at radius 2 is 1.37 bits per heavy atom. The zero-order valence-corrected chi connectivity index (χ0v) is 22.7. The molecule has 0 aromatic heterocycles. The molecule has 8 nitrogen and oxygen atoms in total. The number of halogens is 6. The number of hydrogen-bond acceptors (Lipinski definition) is 8. The van der Waals surface area contributed by atoms with Gasteiger partial charge in [-0.05, 0) is 43.3 Å². The maximum Gasteiger partial charge on any atom is 0.446 e. The van der Waals surface area contributed by atoms with Gasteiger partial charge in [-0.1, -0.05) is 17.8 Å². The van der Waals surface area contributed by atoms with Gasteiger partial charge in [-0.2, -0.15) is 26.3 Å². The summed E-state index contributed by atoms with van der Waals surface area (Å²) in [4.78, 5) is 30.7. The first-order chi connectivity index (χ1) is 19.3. The lowest BCUT2D eigenvalue weighted by molar-refractivity contribution is -0.156. The fraction of sp³-hybridized carbons (Fsp3) is 0.423. The zero-order chi connectivity index (χ0) is 30.6. The van der Waals surface area contributed by atoms with Crippen LogP contribution in [-0.2, 0) is 9.59 Å². The average molecular weight is 605 g/mol. The number of anilines is 3. The van der Waals surface area contributed by atoms with E-state index < -0.39 is 24.9 Å². The quantitative estimate of drug-likeness (QED) is 0.277. The second-order valence-electron chi connectivity index (χ2n) is 8.75. The third-order valence-electron chi connectivity index (χ3n) is 5.85. The van der Waals surface area contributed by atoms with Crippen molar-refractivity contribution < 1.29 is 35.9 Å². The zero-order valence-electron chi connectivity index (χ0n) is 21.9. The molecule has 0 radical (unpaired) electrons. The molecule has 0 atom stereocenters. The normalized spacial score (nSPS) is 14.8. The summed E-state index contributed by atoms with van der Waals surface area (Å²) in [5.74, 6) is 0. The lowest BCUT2D eigenvalue weighted by Gasteiger charge is -2.37. The Hall–Kier alpha value is -3.32. The van der Waals surface area contributed by atoms with Crippen molar-refractivity contribution in [3.63, 3.8) is 0 Å². The van der Waals surface area contributed by atoms with Crippen molar-refractivity contribution in [3.8, 4) is 0 Å². The van der Waals surface area contributed by atoms with Crippen molar-refractivity contribution >= 4 is 47.1 Å². The van der Waals surface area contributed by atoms with Crippen LogP contribution in [0.1, 0.15) is 6.42 Å². The second-order valence-corrected chi connectivity index (χ2v) is 9.83. The lowest BCUT2D eigenvalue weighted by Crippen LogP contribution is -2.47. The average Bonchev–Trinajstić information content (AvgIpc) is 2.95. The summed E-state index contributed by atoms with van der Waals surface area (Å²) >= 11 is 1.77. The van der Waals surface area contributed by atoms with Crippen molar-refractivity contribution in [1.82, 2.24) is 4.90 Å². The van der Waals surface area contributed by atoms with Crippen LogP contribution in [0.25, 0.3) is 4.85 Å². The van der Waals surface area contributed by atoms with Gasteiger partial charge in [0.1, 0.15) is 0 Å². The summed E-state index contributed by atoms with van der Waals surface area (Å²) in [6.07, 6.45) is -10.5. The predicted molar refractivity (Wildman–Crippen MR) is 146 cm³/mol. The first kappa shape index (κ1) is 33.9. The third kappa shape index (κ3) is 10.9. The molecule has 0 unspecified atom stereocenters. The summed E-state index contributed by atoms with van der Waals surface area (Å²) < 4.78 is 62.5. The number of aldehydes is 2. The van der Waals surface area contributed by atoms with Gasteiger partial charge in [0.05, 0.1) is 17.9 Å². The van der Waals surface area contributed by atoms with Gasteiger partial charge in [0, 0.05) is 61.3 Å². The monoisotopic (exact) mass is 604 g/mol. The Kier molecular flexibility index (Phi) is 12.9. The molecular formula is C26H30F6N6O2S. The number of fused-ring (bicyclic) bond motifs is 2. The highest BCUT2D eigenvalue weighted by atomic mass is 32.2. The van der Waals surface area contributed by atoms with E-state index in [9.17, 15) is 26.3 Å². The van der Waals surface area contributed by atoms with Crippen LogP contribution < -0.4 is 21.3 Å². The Morgan fingerprint density at radius 1 is 0.829 bits per heavy atom. The maximum absolute atomic E-state index is 10.4. The Labute approximate surface area is 238 Å². The van der Waals surface area contributed by atoms with Crippen molar-refractivity contribution in [2.24, 2.45) is 11.5 Å². The van der Waals surface area contributed by atoms with Gasteiger partial charge in [0.2, 0.25) is 12.6 Å². The molecule has 2 heterocycles. The number of piperazine rings is 1. The molecule has 41 heavy (non-hydrogen) atoms. The predicted octanol–water partition coefficient (Wildman–Crippen LogP) is 4.76. The van der Waals surface area contributed by atoms with E-state index in [0.717, 1.165) is 57.1 Å². The van der Waals surface area contributed by atoms with E-state index in [1.807, 2.05) is 12.1 Å². The summed E-state index contributed by atoms with van der Waals surface area (Å²) in [7, 11) is 0. The van der Waals surface area contributed by atoms with Crippen LogP contribution in [0.5, 0.6) is 0 Å². The fourth-order valence-electron chi connectivity index (χ4n) is 4.03. The van der Waals surface area contributed by atoms with Gasteiger partial charge < -0.3 is 21.3 Å². The maximum atomic E-state index is 10.4. The molecule has 15 heteroatoms. The number of alkyl halides is 6. The smallest absolute Gasteiger partial charge is 0.369 e. The molecular weight excluding hydrogens is 574 g/mol. The molecule has 224 valence electrons. The molecule has 2 aromatic carbocycles. The van der Waals surface area contributed by atoms with Gasteiger partial charge in [-0.15, -0.1) is 0 Å². The molecule has 0 saturated carbocycles. The summed E-state index contributed by atoms with van der Waals surface area (Å²) in [5.41, 5.74) is 15.9. The van der Waals surface area contributed by atoms with Crippen LogP contribution in [0.3, 0.4) is 0 Å². The Morgan fingerprint density at radius 3 is 1.85 bits per heavy atom. The van der Waals surface area contributed by atoms with Crippen LogP contribution >= 0.6 is 11.8 Å². The first-order valence-electron chi connectivity index (χ1n) is 12.4. The Bertz CT molecular complexity index is 1180. The lowest BCUT2D eigenvalue weighted by atomic mass is 10.1. The minimum absolute atomic E-state index is 0.666. The highest BCUT2D eigenvalue weighted by Gasteiger charge is 2.26. The number of nitrogens with two attached hydrogens (primary N) is 2. The molecule has 4 rings (SSSR count). The van der Waals surface area contributed by atoms with Crippen LogP contribution in [0, 0.1) is 6.57 Å². The van der Waals surface area contributed by atoms with Crippen LogP contribution in [0.2, 0.25) is 0 Å². The molecule has 4 N–H and O–H groups in total. The number of carbonyl (C=O) groups is 2. The van der Waals surface area contributed by atoms with Gasteiger partial charge >= 0.3 is 12.4 Å². The van der Waals surface area contributed by atoms with E-state index in [1.165, 1.54) is 22.0 Å². The number of benzene rings is 2. The largest absolute Gasteiger partial charge is 0.446 e. The SMILES string of the molecule is O=CC(F)(F)F.O=CC(F)(F)F.[C-]#[N+]c1ccc2c(c1)Sc1cc(N3CCN(CCN)CC3)ccc1N2CCCN. The van der Waals surface area contributed by atoms with Crippen molar-refractivity contribution in [2.75, 3.05) is 62.2 Å². The van der Waals surface area contributed by atoms with Crippen molar-refractivity contribution in [3.05, 3.63) is 47.8 Å². The molecule has 0 spiro atoms. The molecule has 2 aromatic rings. The summed E-state index contributed by atoms with van der Waals surface area (Å²) in [5, 5.41) is 0. The topological polar surface area (TPSA) is 100 Å². The van der Waals surface area contributed by atoms with Crippen molar-refractivity contribution in [2.45, 2.75) is 28.6 Å². The number of nitrogens with zero attached hydrogens (tertiary/aromatic N) is 4. The number of carbonyl (C=O) groups excluding carboxylic acids is 2. The van der Waals surface area contributed by atoms with Crippen molar-refractivity contribution in [1.29, 1.82) is 0 Å². The Balaban J connectivity index is 0.000000413.